The first-order valence-electron chi connectivity index (χ1n) is 17.3. The summed E-state index contributed by atoms with van der Waals surface area (Å²) < 4.78 is 2.63. The van der Waals surface area contributed by atoms with E-state index in [1.165, 1.54) is 80.9 Å². The molecule has 2 heteroatoms. The average Bonchev–Trinajstić information content (AvgIpc) is 3.64. The molecule has 0 atom stereocenters. The van der Waals surface area contributed by atoms with Crippen LogP contribution >= 0.6 is 11.3 Å². The molecular formula is C47H35NS. The highest BCUT2D eigenvalue weighted by atomic mass is 32.1. The van der Waals surface area contributed by atoms with Gasteiger partial charge in [-0.15, -0.1) is 11.3 Å². The summed E-state index contributed by atoms with van der Waals surface area (Å²) in [5.74, 6) is 0. The number of anilines is 3. The minimum atomic E-state index is -0.0177. The van der Waals surface area contributed by atoms with Crippen LogP contribution in [0.3, 0.4) is 0 Å². The first-order valence-corrected chi connectivity index (χ1v) is 18.1. The number of thiophene rings is 1. The molecule has 0 saturated heterocycles. The Morgan fingerprint density at radius 3 is 2.14 bits per heavy atom. The van der Waals surface area contributed by atoms with Gasteiger partial charge < -0.3 is 4.90 Å². The second-order valence-electron chi connectivity index (χ2n) is 14.0. The van der Waals surface area contributed by atoms with Crippen molar-refractivity contribution in [3.63, 3.8) is 0 Å². The van der Waals surface area contributed by atoms with Crippen molar-refractivity contribution in [3.05, 3.63) is 168 Å². The fraction of sp³-hybridized carbons (Fsp3) is 0.106. The summed E-state index contributed by atoms with van der Waals surface area (Å²) in [4.78, 5) is 2.44. The van der Waals surface area contributed by atoms with E-state index >= 15 is 0 Å². The minimum Gasteiger partial charge on any atom is -0.310 e. The van der Waals surface area contributed by atoms with E-state index in [1.807, 2.05) is 11.3 Å². The summed E-state index contributed by atoms with van der Waals surface area (Å²) >= 11 is 1.87. The molecule has 8 aromatic rings. The molecule has 234 valence electrons. The Balaban J connectivity index is 1.23. The maximum Gasteiger partial charge on any atom is 0.0540 e. The predicted octanol–water partition coefficient (Wildman–Crippen LogP) is 13.9. The molecule has 0 spiro atoms. The molecular weight excluding hydrogens is 611 g/mol. The third-order valence-corrected chi connectivity index (χ3v) is 12.1. The van der Waals surface area contributed by atoms with Crippen LogP contribution in [0.25, 0.3) is 58.4 Å². The zero-order chi connectivity index (χ0) is 32.7. The second kappa shape index (κ2) is 10.8. The molecule has 1 aromatic heterocycles. The Bertz CT molecular complexity index is 2690. The molecule has 0 radical (unpaired) electrons. The van der Waals surface area contributed by atoms with Crippen molar-refractivity contribution in [1.82, 2.24) is 0 Å². The number of fused-ring (bicyclic) bond motifs is 8. The molecule has 0 unspecified atom stereocenters. The van der Waals surface area contributed by atoms with Crippen LogP contribution in [0, 0.1) is 0 Å². The molecule has 2 aliphatic carbocycles. The largest absolute Gasteiger partial charge is 0.310 e. The van der Waals surface area contributed by atoms with Gasteiger partial charge >= 0.3 is 0 Å². The van der Waals surface area contributed by atoms with Crippen LogP contribution in [0.4, 0.5) is 17.1 Å². The standard InChI is InChI=1S/C47H35NS/c1-47(2)41-22-12-10-21-39(41)45-40(28-30-14-6-7-17-33(30)46(45)47)35-26-27-42(36-19-9-8-18-34(35)36)48(31-15-4-3-5-16-31)32-24-25-38-37-20-11-13-23-43(37)49-44(38)29-32/h3-11,13-21,23-29H,12,22H2,1-2H3. The molecule has 0 fully saturated rings. The van der Waals surface area contributed by atoms with Gasteiger partial charge in [-0.05, 0) is 99.3 Å². The van der Waals surface area contributed by atoms with Crippen molar-refractivity contribution in [2.75, 3.05) is 4.90 Å². The van der Waals surface area contributed by atoms with E-state index in [2.05, 4.69) is 170 Å². The van der Waals surface area contributed by atoms with E-state index in [9.17, 15) is 0 Å². The quantitative estimate of drug-likeness (QED) is 0.184. The zero-order valence-corrected chi connectivity index (χ0v) is 28.5. The minimum absolute atomic E-state index is 0.0177. The van der Waals surface area contributed by atoms with Crippen LogP contribution in [0.1, 0.15) is 37.8 Å². The summed E-state index contributed by atoms with van der Waals surface area (Å²) in [6, 6.07) is 51.7. The predicted molar refractivity (Wildman–Crippen MR) is 213 cm³/mol. The van der Waals surface area contributed by atoms with Crippen LogP contribution in [-0.2, 0) is 5.41 Å². The maximum absolute atomic E-state index is 2.45. The first kappa shape index (κ1) is 28.6. The van der Waals surface area contributed by atoms with Crippen LogP contribution in [-0.4, -0.2) is 0 Å². The molecule has 0 saturated carbocycles. The lowest BCUT2D eigenvalue weighted by Gasteiger charge is -2.28. The molecule has 0 N–H and O–H groups in total. The van der Waals surface area contributed by atoms with E-state index in [0.29, 0.717) is 0 Å². The summed E-state index contributed by atoms with van der Waals surface area (Å²) in [7, 11) is 0. The third-order valence-electron chi connectivity index (χ3n) is 10.9. The van der Waals surface area contributed by atoms with Crippen molar-refractivity contribution in [1.29, 1.82) is 0 Å². The van der Waals surface area contributed by atoms with Gasteiger partial charge in [0.05, 0.1) is 5.69 Å². The second-order valence-corrected chi connectivity index (χ2v) is 15.1. The van der Waals surface area contributed by atoms with Crippen LogP contribution in [0.15, 0.2) is 157 Å². The monoisotopic (exact) mass is 645 g/mol. The van der Waals surface area contributed by atoms with Gasteiger partial charge in [0.1, 0.15) is 0 Å². The summed E-state index contributed by atoms with van der Waals surface area (Å²) in [6.07, 6.45) is 7.01. The van der Waals surface area contributed by atoms with Gasteiger partial charge in [-0.1, -0.05) is 129 Å². The van der Waals surface area contributed by atoms with Gasteiger partial charge in [-0.25, -0.2) is 0 Å². The highest BCUT2D eigenvalue weighted by Crippen LogP contribution is 2.56. The summed E-state index contributed by atoms with van der Waals surface area (Å²) in [6.45, 7) is 4.88. The third kappa shape index (κ3) is 4.24. The van der Waals surface area contributed by atoms with E-state index < -0.39 is 0 Å². The Labute approximate surface area is 291 Å². The maximum atomic E-state index is 2.45. The van der Waals surface area contributed by atoms with Gasteiger partial charge in [0.2, 0.25) is 0 Å². The molecule has 2 aliphatic rings. The van der Waals surface area contributed by atoms with Crippen molar-refractivity contribution in [2.24, 2.45) is 0 Å². The molecule has 1 nitrogen and oxygen atoms in total. The number of allylic oxidation sites excluding steroid dienone is 4. The number of benzene rings is 7. The highest BCUT2D eigenvalue weighted by Gasteiger charge is 2.40. The molecule has 0 bridgehead atoms. The van der Waals surface area contributed by atoms with E-state index in [1.54, 1.807) is 5.57 Å². The number of rotatable bonds is 4. The van der Waals surface area contributed by atoms with Crippen molar-refractivity contribution in [3.8, 4) is 11.1 Å². The Morgan fingerprint density at radius 1 is 0.571 bits per heavy atom. The Kier molecular flexibility index (Phi) is 6.29. The van der Waals surface area contributed by atoms with Crippen LogP contribution in [0.5, 0.6) is 0 Å². The molecule has 1 heterocycles. The van der Waals surface area contributed by atoms with Gasteiger partial charge in [-0.2, -0.15) is 0 Å². The number of para-hydroxylation sites is 1. The van der Waals surface area contributed by atoms with E-state index in [4.69, 9.17) is 0 Å². The fourth-order valence-electron chi connectivity index (χ4n) is 8.76. The topological polar surface area (TPSA) is 3.24 Å². The summed E-state index contributed by atoms with van der Waals surface area (Å²) in [5.41, 5.74) is 12.0. The Morgan fingerprint density at radius 2 is 1.29 bits per heavy atom. The number of hydrogen-bond donors (Lipinski definition) is 0. The van der Waals surface area contributed by atoms with Crippen molar-refractivity contribution >= 4 is 75.7 Å². The van der Waals surface area contributed by atoms with E-state index in [0.717, 1.165) is 18.5 Å². The van der Waals surface area contributed by atoms with Gasteiger partial charge in [0.25, 0.3) is 0 Å². The number of hydrogen-bond acceptors (Lipinski definition) is 2. The molecule has 49 heavy (non-hydrogen) atoms. The van der Waals surface area contributed by atoms with Crippen molar-refractivity contribution in [2.45, 2.75) is 32.1 Å². The normalized spacial score (nSPS) is 15.0. The lowest BCUT2D eigenvalue weighted by atomic mass is 9.76. The lowest BCUT2D eigenvalue weighted by Crippen LogP contribution is -2.18. The SMILES string of the molecule is CC1(C)C2=C(C=CCC2)c2c(-c3ccc(N(c4ccccc4)c4ccc5c(c4)sc4ccccc45)c4ccccc34)cc3ccccc3c21. The van der Waals surface area contributed by atoms with Gasteiger partial charge in [0, 0.05) is 42.3 Å². The van der Waals surface area contributed by atoms with Crippen LogP contribution in [0.2, 0.25) is 0 Å². The fourth-order valence-corrected chi connectivity index (χ4v) is 9.90. The number of nitrogens with zero attached hydrogens (tertiary/aromatic N) is 1. The first-order chi connectivity index (χ1) is 24.1. The van der Waals surface area contributed by atoms with Gasteiger partial charge in [0.15, 0.2) is 0 Å². The van der Waals surface area contributed by atoms with Gasteiger partial charge in [-0.3, -0.25) is 0 Å². The average molecular weight is 646 g/mol. The lowest BCUT2D eigenvalue weighted by molar-refractivity contribution is 0.612. The molecule has 7 aromatic carbocycles. The van der Waals surface area contributed by atoms with Crippen molar-refractivity contribution < 1.29 is 0 Å². The summed E-state index contributed by atoms with van der Waals surface area (Å²) in [5, 5.41) is 7.84. The zero-order valence-electron chi connectivity index (χ0n) is 27.7. The Hall–Kier alpha value is -5.44. The molecule has 0 aliphatic heterocycles. The van der Waals surface area contributed by atoms with E-state index in [-0.39, 0.29) is 5.41 Å². The highest BCUT2D eigenvalue weighted by molar-refractivity contribution is 7.25. The smallest absolute Gasteiger partial charge is 0.0540 e. The molecule has 0 amide bonds. The van der Waals surface area contributed by atoms with Crippen LogP contribution < -0.4 is 4.90 Å². The molecule has 10 rings (SSSR count).